The summed E-state index contributed by atoms with van der Waals surface area (Å²) < 4.78 is 8.48. The van der Waals surface area contributed by atoms with Gasteiger partial charge in [-0.1, -0.05) is 4.57 Å². The Morgan fingerprint density at radius 1 is 1.09 bits per heavy atom. The van der Waals surface area contributed by atoms with E-state index in [4.69, 9.17) is 14.4 Å². The van der Waals surface area contributed by atoms with Crippen molar-refractivity contribution in [2.24, 2.45) is 0 Å². The maximum absolute atomic E-state index is 8.48. The van der Waals surface area contributed by atoms with Gasteiger partial charge < -0.3 is 9.79 Å². The first-order valence-corrected chi connectivity index (χ1v) is 3.55. The van der Waals surface area contributed by atoms with Crippen LogP contribution in [0.2, 0.25) is 0 Å². The molecule has 0 bridgehead atoms. The molecule has 11 heavy (non-hydrogen) atoms. The molecule has 0 heterocycles. The van der Waals surface area contributed by atoms with Crippen molar-refractivity contribution in [3.05, 3.63) is 36.4 Å². The number of hydrogen-bond donors (Lipinski definition) is 0. The molecule has 0 saturated heterocycles. The zero-order valence-corrected chi connectivity index (χ0v) is 9.66. The fourth-order valence-electron chi connectivity index (χ4n) is 0.342. The minimum absolute atomic E-state index is 0. The number of hydrogen-bond acceptors (Lipinski definition) is 3. The second kappa shape index (κ2) is 10.6. The minimum Gasteiger partial charge on any atom is -0.598 e. The van der Waals surface area contributed by atoms with Crippen LogP contribution in [0, 0.1) is 46.9 Å². The molecule has 0 aromatic heterocycles. The summed E-state index contributed by atoms with van der Waals surface area (Å²) in [6.45, 7) is 0. The number of rotatable bonds is 0. The van der Waals surface area contributed by atoms with E-state index in [1.54, 1.807) is 0 Å². The largest absolute Gasteiger partial charge is 3.00 e. The molecule has 0 unspecified atom stereocenters. The van der Waals surface area contributed by atoms with Crippen molar-refractivity contribution < 1.29 is 55.2 Å². The summed E-state index contributed by atoms with van der Waals surface area (Å²) >= 11 is 0. The Morgan fingerprint density at radius 2 is 1.45 bits per heavy atom. The maximum Gasteiger partial charge on any atom is 3.00 e. The van der Waals surface area contributed by atoms with Gasteiger partial charge in [0.25, 0.3) is 8.25 Å². The molecular weight excluding hydrogens is 295 g/mol. The van der Waals surface area contributed by atoms with Crippen LogP contribution in [0.15, 0.2) is 30.3 Å². The molecule has 0 fully saturated rings. The van der Waals surface area contributed by atoms with Gasteiger partial charge in [0.05, 0.1) is 0 Å². The second-order valence-electron chi connectivity index (χ2n) is 1.30. The maximum atomic E-state index is 8.48. The summed E-state index contributed by atoms with van der Waals surface area (Å²) in [6, 6.07) is 12.5. The van der Waals surface area contributed by atoms with Crippen molar-refractivity contribution in [1.29, 1.82) is 0 Å². The quantitative estimate of drug-likeness (QED) is 0.494. The molecule has 0 amide bonds. The Morgan fingerprint density at radius 3 is 1.55 bits per heavy atom. The van der Waals surface area contributed by atoms with E-state index >= 15 is 0 Å². The molecule has 0 atom stereocenters. The van der Waals surface area contributed by atoms with E-state index in [2.05, 4.69) is 6.07 Å². The van der Waals surface area contributed by atoms with E-state index in [-0.39, 0.29) is 40.8 Å². The SMILES string of the molecule is O=[P+]([O-])[O-].[Nd+3].[c-]1ccccc1. The molecule has 0 aliphatic heterocycles. The van der Waals surface area contributed by atoms with Crippen LogP contribution < -0.4 is 9.79 Å². The topological polar surface area (TPSA) is 63.2 Å². The molecule has 55 valence electrons. The van der Waals surface area contributed by atoms with Gasteiger partial charge in [-0.05, 0) is 0 Å². The predicted molar refractivity (Wildman–Crippen MR) is 32.9 cm³/mol. The molecule has 0 saturated carbocycles. The molecule has 1 aromatic carbocycles. The molecule has 5 heteroatoms. The molecule has 0 aliphatic carbocycles. The Labute approximate surface area is 98.9 Å². The molecule has 0 aliphatic rings. The zero-order valence-electron chi connectivity index (χ0n) is 5.56. The molecular formula is C6H5NdO3P+. The second-order valence-corrected chi connectivity index (χ2v) is 1.75. The molecule has 1 rings (SSSR count). The van der Waals surface area contributed by atoms with Crippen LogP contribution in [0.3, 0.4) is 0 Å². The van der Waals surface area contributed by atoms with Crippen LogP contribution in [0.5, 0.6) is 0 Å². The van der Waals surface area contributed by atoms with Crippen LogP contribution in [0.1, 0.15) is 0 Å². The van der Waals surface area contributed by atoms with Gasteiger partial charge in [-0.15, -0.1) is 0 Å². The molecule has 3 nitrogen and oxygen atoms in total. The summed E-state index contributed by atoms with van der Waals surface area (Å²) in [5.74, 6) is 0. The first-order chi connectivity index (χ1) is 4.73. The van der Waals surface area contributed by atoms with Gasteiger partial charge in [0.1, 0.15) is 0 Å². The Hall–Kier alpha value is 0.591. The normalized spacial score (nSPS) is 6.73. The summed E-state index contributed by atoms with van der Waals surface area (Å²) in [6.07, 6.45) is 0. The monoisotopic (exact) mass is 298 g/mol. The van der Waals surface area contributed by atoms with Gasteiger partial charge in [0, 0.05) is 0 Å². The van der Waals surface area contributed by atoms with Crippen LogP contribution in [0.4, 0.5) is 0 Å². The van der Waals surface area contributed by atoms with Crippen molar-refractivity contribution in [2.45, 2.75) is 0 Å². The van der Waals surface area contributed by atoms with Crippen LogP contribution in [-0.4, -0.2) is 0 Å². The van der Waals surface area contributed by atoms with Gasteiger partial charge in [0.2, 0.25) is 0 Å². The molecule has 0 spiro atoms. The summed E-state index contributed by atoms with van der Waals surface area (Å²) in [4.78, 5) is 17.0. The summed E-state index contributed by atoms with van der Waals surface area (Å²) in [5.41, 5.74) is 0. The first-order valence-electron chi connectivity index (χ1n) is 2.46. The van der Waals surface area contributed by atoms with E-state index in [1.165, 1.54) is 0 Å². The van der Waals surface area contributed by atoms with Crippen molar-refractivity contribution in [3.63, 3.8) is 0 Å². The van der Waals surface area contributed by atoms with Crippen molar-refractivity contribution in [2.75, 3.05) is 0 Å². The van der Waals surface area contributed by atoms with Crippen LogP contribution in [0.25, 0.3) is 0 Å². The zero-order chi connectivity index (χ0) is 7.82. The fraction of sp³-hybridized carbons (Fsp3) is 0. The smallest absolute Gasteiger partial charge is 0.598 e. The summed E-state index contributed by atoms with van der Waals surface area (Å²) in [7, 11) is -3.37. The average Bonchev–Trinajstić information content (AvgIpc) is 1.90. The van der Waals surface area contributed by atoms with Gasteiger partial charge >= 0.3 is 40.8 Å². The van der Waals surface area contributed by atoms with E-state index in [0.29, 0.717) is 0 Å². The third-order valence-electron chi connectivity index (χ3n) is 0.607. The van der Waals surface area contributed by atoms with E-state index in [0.717, 1.165) is 0 Å². The fourth-order valence-corrected chi connectivity index (χ4v) is 0.342. The standard InChI is InChI=1S/C6H5.Nd.HO3P/c1-2-4-6-5-3-1;;1-4(2)3/h1-5H;;(H,1,2,3)/q-1;+3;/p-1. The number of benzene rings is 1. The van der Waals surface area contributed by atoms with Crippen LogP contribution in [-0.2, 0) is 4.57 Å². The third-order valence-corrected chi connectivity index (χ3v) is 0.607. The van der Waals surface area contributed by atoms with Gasteiger partial charge in [-0.3, -0.25) is 0 Å². The van der Waals surface area contributed by atoms with Gasteiger partial charge in [-0.2, -0.15) is 36.4 Å². The Bertz CT molecular complexity index is 150. The van der Waals surface area contributed by atoms with Crippen LogP contribution >= 0.6 is 8.25 Å². The summed E-state index contributed by atoms with van der Waals surface area (Å²) in [5, 5.41) is 0. The van der Waals surface area contributed by atoms with Gasteiger partial charge in [-0.25, -0.2) is 0 Å². The first kappa shape index (κ1) is 14.1. The third kappa shape index (κ3) is 18.0. The average molecular weight is 300 g/mol. The van der Waals surface area contributed by atoms with E-state index in [9.17, 15) is 0 Å². The van der Waals surface area contributed by atoms with E-state index < -0.39 is 8.25 Å². The minimum atomic E-state index is -3.37. The van der Waals surface area contributed by atoms with E-state index in [1.807, 2.05) is 30.3 Å². The van der Waals surface area contributed by atoms with Crippen molar-refractivity contribution in [3.8, 4) is 0 Å². The molecule has 0 N–H and O–H groups in total. The Kier molecular flexibility index (Phi) is 13.6. The predicted octanol–water partition coefficient (Wildman–Crippen LogP) is -0.149. The van der Waals surface area contributed by atoms with Crippen molar-refractivity contribution >= 4 is 8.25 Å². The Balaban J connectivity index is 0. The van der Waals surface area contributed by atoms with Crippen molar-refractivity contribution in [1.82, 2.24) is 0 Å². The van der Waals surface area contributed by atoms with Gasteiger partial charge in [0.15, 0.2) is 0 Å². The molecule has 1 radical (unpaired) electrons. The molecule has 1 aromatic rings.